The van der Waals surface area contributed by atoms with E-state index in [0.29, 0.717) is 0 Å². The van der Waals surface area contributed by atoms with Crippen molar-refractivity contribution in [2.24, 2.45) is 11.8 Å². The van der Waals surface area contributed by atoms with Crippen LogP contribution in [0.4, 0.5) is 0 Å². The van der Waals surface area contributed by atoms with E-state index in [1.54, 1.807) is 0 Å². The summed E-state index contributed by atoms with van der Waals surface area (Å²) < 4.78 is 31.5. The molecule has 0 N–H and O–H groups in total. The quantitative estimate of drug-likeness (QED) is 0.355. The Morgan fingerprint density at radius 2 is 0.688 bits per heavy atom. The van der Waals surface area contributed by atoms with Crippen LogP contribution in [0.5, 0.6) is 0 Å². The lowest BCUT2D eigenvalue weighted by atomic mass is 9.72. The molecule has 0 aromatic heterocycles. The van der Waals surface area contributed by atoms with E-state index in [4.69, 9.17) is 28.4 Å². The minimum atomic E-state index is -1.40. The molecule has 0 aromatic rings. The SMILES string of the molecule is CC(=O)OC[C@@H]1[C@H](COC(C)=O)[C@H](OC(C)=O)[C@@H](OC(C)=O)[C@H](OC(C)=O)[C@H]1OC(C)=O. The first-order valence-corrected chi connectivity index (χ1v) is 9.79. The number of carbonyl (C=O) groups is 6. The zero-order chi connectivity index (χ0) is 24.6. The molecule has 1 aliphatic rings. The summed E-state index contributed by atoms with van der Waals surface area (Å²) in [6.45, 7) is 5.97. The highest BCUT2D eigenvalue weighted by atomic mass is 16.6. The Kier molecular flexibility index (Phi) is 10.1. The monoisotopic (exact) mass is 460 g/mol. The van der Waals surface area contributed by atoms with Gasteiger partial charge in [0.05, 0.1) is 13.2 Å². The van der Waals surface area contributed by atoms with Crippen molar-refractivity contribution >= 4 is 35.8 Å². The van der Waals surface area contributed by atoms with Gasteiger partial charge in [0.25, 0.3) is 0 Å². The highest BCUT2D eigenvalue weighted by Gasteiger charge is 2.57. The van der Waals surface area contributed by atoms with E-state index in [-0.39, 0.29) is 13.2 Å². The van der Waals surface area contributed by atoms with Gasteiger partial charge in [0, 0.05) is 53.4 Å². The largest absolute Gasteiger partial charge is 0.465 e. The smallest absolute Gasteiger partial charge is 0.303 e. The van der Waals surface area contributed by atoms with Gasteiger partial charge in [-0.3, -0.25) is 28.8 Å². The van der Waals surface area contributed by atoms with Crippen molar-refractivity contribution in [3.8, 4) is 0 Å². The summed E-state index contributed by atoms with van der Waals surface area (Å²) in [6, 6.07) is 0. The Balaban J connectivity index is 3.63. The van der Waals surface area contributed by atoms with Crippen LogP contribution in [-0.2, 0) is 57.2 Å². The zero-order valence-corrected chi connectivity index (χ0v) is 18.8. The Bertz CT molecular complexity index is 683. The molecule has 6 atom stereocenters. The zero-order valence-electron chi connectivity index (χ0n) is 18.8. The molecule has 1 aliphatic carbocycles. The van der Waals surface area contributed by atoms with E-state index in [1.165, 1.54) is 0 Å². The Labute approximate surface area is 184 Å². The Hall–Kier alpha value is -3.18. The van der Waals surface area contributed by atoms with E-state index in [9.17, 15) is 28.8 Å². The predicted octanol–water partition coefficient (Wildman–Crippen LogP) is 0.0854. The van der Waals surface area contributed by atoms with Gasteiger partial charge in [0.1, 0.15) is 12.2 Å². The van der Waals surface area contributed by atoms with E-state index < -0.39 is 72.1 Å². The molecule has 0 heterocycles. The summed E-state index contributed by atoms with van der Waals surface area (Å²) in [5, 5.41) is 0. The van der Waals surface area contributed by atoms with Crippen molar-refractivity contribution in [2.45, 2.75) is 66.0 Å². The average molecular weight is 460 g/mol. The first kappa shape index (κ1) is 26.9. The number of hydrogen-bond donors (Lipinski definition) is 0. The van der Waals surface area contributed by atoms with Crippen LogP contribution in [0.25, 0.3) is 0 Å². The number of ether oxygens (including phenoxy) is 6. The molecule has 1 fully saturated rings. The molecule has 12 heteroatoms. The van der Waals surface area contributed by atoms with Crippen LogP contribution in [0.1, 0.15) is 41.5 Å². The number of esters is 6. The molecule has 12 nitrogen and oxygen atoms in total. The van der Waals surface area contributed by atoms with E-state index in [1.807, 2.05) is 0 Å². The Morgan fingerprint density at radius 1 is 0.438 bits per heavy atom. The lowest BCUT2D eigenvalue weighted by Crippen LogP contribution is -2.64. The summed E-state index contributed by atoms with van der Waals surface area (Å²) in [5.41, 5.74) is 0. The fourth-order valence-corrected chi connectivity index (χ4v) is 3.56. The van der Waals surface area contributed by atoms with Gasteiger partial charge in [0.15, 0.2) is 12.2 Å². The first-order chi connectivity index (χ1) is 14.8. The number of rotatable bonds is 8. The first-order valence-electron chi connectivity index (χ1n) is 9.79. The molecule has 1 rings (SSSR count). The van der Waals surface area contributed by atoms with Crippen molar-refractivity contribution in [3.05, 3.63) is 0 Å². The topological polar surface area (TPSA) is 158 Å². The van der Waals surface area contributed by atoms with Crippen LogP contribution in [0.3, 0.4) is 0 Å². The second kappa shape index (κ2) is 12.0. The van der Waals surface area contributed by atoms with Crippen LogP contribution in [0.15, 0.2) is 0 Å². The van der Waals surface area contributed by atoms with E-state index in [0.717, 1.165) is 41.5 Å². The predicted molar refractivity (Wildman–Crippen MR) is 102 cm³/mol. The molecule has 1 saturated carbocycles. The summed E-state index contributed by atoms with van der Waals surface area (Å²) in [6.07, 6.45) is -5.38. The highest BCUT2D eigenvalue weighted by molar-refractivity contribution is 5.69. The molecule has 0 bridgehead atoms. The third-order valence-corrected chi connectivity index (χ3v) is 4.53. The minimum Gasteiger partial charge on any atom is -0.465 e. The number of hydrogen-bond acceptors (Lipinski definition) is 12. The van der Waals surface area contributed by atoms with Gasteiger partial charge in [-0.1, -0.05) is 0 Å². The van der Waals surface area contributed by atoms with E-state index >= 15 is 0 Å². The fraction of sp³-hybridized carbons (Fsp3) is 0.700. The molecule has 0 radical (unpaired) electrons. The van der Waals surface area contributed by atoms with Crippen molar-refractivity contribution < 1.29 is 57.2 Å². The van der Waals surface area contributed by atoms with Crippen LogP contribution in [0, 0.1) is 11.8 Å². The van der Waals surface area contributed by atoms with Gasteiger partial charge < -0.3 is 28.4 Å². The van der Waals surface area contributed by atoms with Gasteiger partial charge in [-0.25, -0.2) is 0 Å². The third-order valence-electron chi connectivity index (χ3n) is 4.53. The van der Waals surface area contributed by atoms with Crippen molar-refractivity contribution in [2.75, 3.05) is 13.2 Å². The molecular formula is C20H28O12. The molecule has 0 aromatic carbocycles. The normalized spacial score (nSPS) is 26.8. The van der Waals surface area contributed by atoms with Gasteiger partial charge >= 0.3 is 35.8 Å². The van der Waals surface area contributed by atoms with Crippen molar-refractivity contribution in [3.63, 3.8) is 0 Å². The maximum absolute atomic E-state index is 11.8. The summed E-state index contributed by atoms with van der Waals surface area (Å²) in [7, 11) is 0. The van der Waals surface area contributed by atoms with Gasteiger partial charge in [-0.05, 0) is 0 Å². The summed E-state index contributed by atoms with van der Waals surface area (Å²) in [4.78, 5) is 70.2. The minimum absolute atomic E-state index is 0.360. The Morgan fingerprint density at radius 3 is 0.906 bits per heavy atom. The lowest BCUT2D eigenvalue weighted by Gasteiger charge is -2.48. The fourth-order valence-electron chi connectivity index (χ4n) is 3.56. The molecule has 0 spiro atoms. The van der Waals surface area contributed by atoms with Gasteiger partial charge in [0.2, 0.25) is 0 Å². The van der Waals surface area contributed by atoms with Crippen molar-refractivity contribution in [1.29, 1.82) is 0 Å². The van der Waals surface area contributed by atoms with Crippen LogP contribution in [-0.4, -0.2) is 73.4 Å². The summed E-state index contributed by atoms with van der Waals surface area (Å²) in [5.74, 6) is -6.35. The van der Waals surface area contributed by atoms with Crippen LogP contribution < -0.4 is 0 Å². The third kappa shape index (κ3) is 8.16. The molecule has 180 valence electrons. The molecular weight excluding hydrogens is 432 g/mol. The molecule has 32 heavy (non-hydrogen) atoms. The number of carbonyl (C=O) groups excluding carboxylic acids is 6. The van der Waals surface area contributed by atoms with Gasteiger partial charge in [-0.15, -0.1) is 0 Å². The summed E-state index contributed by atoms with van der Waals surface area (Å²) >= 11 is 0. The second-order valence-electron chi connectivity index (χ2n) is 7.23. The lowest BCUT2D eigenvalue weighted by molar-refractivity contribution is -0.238. The molecule has 0 amide bonds. The second-order valence-corrected chi connectivity index (χ2v) is 7.23. The average Bonchev–Trinajstić information content (AvgIpc) is 2.62. The molecule has 0 saturated heterocycles. The van der Waals surface area contributed by atoms with Gasteiger partial charge in [-0.2, -0.15) is 0 Å². The van der Waals surface area contributed by atoms with Crippen LogP contribution in [0.2, 0.25) is 0 Å². The maximum Gasteiger partial charge on any atom is 0.303 e. The highest BCUT2D eigenvalue weighted by Crippen LogP contribution is 2.39. The van der Waals surface area contributed by atoms with Crippen LogP contribution >= 0.6 is 0 Å². The van der Waals surface area contributed by atoms with Crippen molar-refractivity contribution in [1.82, 2.24) is 0 Å². The van der Waals surface area contributed by atoms with E-state index in [2.05, 4.69) is 0 Å². The maximum atomic E-state index is 11.8. The molecule has 0 aliphatic heterocycles. The molecule has 0 unspecified atom stereocenters. The standard InChI is InChI=1S/C20H28O12/c1-9(21)27-7-15-16(8-28-10(2)22)18(30-12(4)24)20(32-14(6)26)19(31-13(5)25)17(15)29-11(3)23/h15-20H,7-8H2,1-6H3/t15-,16+,17-,18-,19+,20+/m0/s1.